The zero-order valence-electron chi connectivity index (χ0n) is 49.3. The van der Waals surface area contributed by atoms with E-state index in [1.165, 1.54) is 0 Å². The standard InChI is InChI=1S/C64H100O6Si3/c1-49(47-68-71(15,16)61(5,6)7)45-52(4)60(66-48-53-39-42-57(65-14)43-40-53)51(3)38-41-58(69-72(17,18)62(8,9)10)46-59(70-73(19,20)63(11,12)13)50(2)31-30-44-67-64(54-32-24-21-25-33-54,55-34-26-22-27-35-55)56-36-28-23-29-37-56/h21-43,49-52,58-60H,44-48H2,1-20H3/t49-,50+,51+,52-,58-,59+,60+/m1/s1. The summed E-state index contributed by atoms with van der Waals surface area (Å²) in [4.78, 5) is 0. The molecule has 404 valence electrons. The molecule has 0 saturated heterocycles. The van der Waals surface area contributed by atoms with Crippen molar-refractivity contribution in [1.82, 2.24) is 0 Å². The van der Waals surface area contributed by atoms with Crippen LogP contribution in [0, 0.1) is 23.7 Å². The largest absolute Gasteiger partial charge is 0.497 e. The van der Waals surface area contributed by atoms with Crippen molar-refractivity contribution in [3.63, 3.8) is 0 Å². The molecule has 6 nitrogen and oxygen atoms in total. The van der Waals surface area contributed by atoms with Gasteiger partial charge in [0.1, 0.15) is 11.4 Å². The summed E-state index contributed by atoms with van der Waals surface area (Å²) in [6.45, 7) is 46.2. The van der Waals surface area contributed by atoms with E-state index in [2.05, 4.69) is 257 Å². The van der Waals surface area contributed by atoms with E-state index in [0.717, 1.165) is 47.5 Å². The van der Waals surface area contributed by atoms with Crippen LogP contribution in [0.15, 0.2) is 140 Å². The average Bonchev–Trinajstić information content (AvgIpc) is 3.32. The van der Waals surface area contributed by atoms with Crippen LogP contribution in [0.1, 0.15) is 125 Å². The minimum atomic E-state index is -2.25. The Balaban J connectivity index is 1.71. The molecule has 0 aliphatic heterocycles. The summed E-state index contributed by atoms with van der Waals surface area (Å²) in [6, 6.07) is 40.1. The lowest BCUT2D eigenvalue weighted by Crippen LogP contribution is -2.48. The lowest BCUT2D eigenvalue weighted by Gasteiger charge is -2.43. The summed E-state index contributed by atoms with van der Waals surface area (Å²) < 4.78 is 41.4. The van der Waals surface area contributed by atoms with E-state index in [1.54, 1.807) is 7.11 Å². The molecular weight excluding hydrogens is 949 g/mol. The minimum absolute atomic E-state index is 0.0211. The highest BCUT2D eigenvalue weighted by Crippen LogP contribution is 2.43. The van der Waals surface area contributed by atoms with Gasteiger partial charge in [-0.25, -0.2) is 0 Å². The lowest BCUT2D eigenvalue weighted by molar-refractivity contribution is -0.0239. The van der Waals surface area contributed by atoms with Gasteiger partial charge in [0.25, 0.3) is 0 Å². The summed E-state index contributed by atoms with van der Waals surface area (Å²) in [5, 5.41) is 0.214. The summed E-state index contributed by atoms with van der Waals surface area (Å²) in [7, 11) is -4.66. The molecule has 7 atom stereocenters. The SMILES string of the molecule is COc1ccc(CO[C@H]([C@H](C)C[C@@H](C)CO[Si](C)(C)C(C)(C)C)[C@@H](C)C=C[C@H](C[C@H](O[Si](C)(C)C(C)(C)C)[C@@H](C)C=CCOC(c2ccccc2)(c2ccccc2)c2ccccc2)O[Si](C)(C)C(C)(C)C)cc1. The molecule has 0 radical (unpaired) electrons. The predicted octanol–water partition coefficient (Wildman–Crippen LogP) is 17.8. The average molecular weight is 1050 g/mol. The Hall–Kier alpha value is -3.39. The van der Waals surface area contributed by atoms with E-state index in [-0.39, 0.29) is 51.2 Å². The Bertz CT molecular complexity index is 2160. The van der Waals surface area contributed by atoms with Crippen molar-refractivity contribution in [3.8, 4) is 5.75 Å². The van der Waals surface area contributed by atoms with Crippen LogP contribution in [0.25, 0.3) is 0 Å². The molecule has 0 heterocycles. The monoisotopic (exact) mass is 1050 g/mol. The van der Waals surface area contributed by atoms with Crippen molar-refractivity contribution < 1.29 is 27.5 Å². The Kier molecular flexibility index (Phi) is 22.6. The van der Waals surface area contributed by atoms with Gasteiger partial charge in [-0.3, -0.25) is 0 Å². The van der Waals surface area contributed by atoms with Gasteiger partial charge in [-0.15, -0.1) is 0 Å². The predicted molar refractivity (Wildman–Crippen MR) is 318 cm³/mol. The van der Waals surface area contributed by atoms with Gasteiger partial charge < -0.3 is 27.5 Å². The molecule has 0 bridgehead atoms. The first kappa shape index (κ1) is 62.2. The van der Waals surface area contributed by atoms with E-state index in [4.69, 9.17) is 27.5 Å². The van der Waals surface area contributed by atoms with Crippen LogP contribution in [-0.4, -0.2) is 63.6 Å². The maximum Gasteiger partial charge on any atom is 0.192 e. The van der Waals surface area contributed by atoms with E-state index in [9.17, 15) is 0 Å². The Morgan fingerprint density at radius 3 is 1.44 bits per heavy atom. The maximum atomic E-state index is 7.51. The number of ether oxygens (including phenoxy) is 3. The van der Waals surface area contributed by atoms with Crippen LogP contribution >= 0.6 is 0 Å². The summed E-state index contributed by atoms with van der Waals surface area (Å²) >= 11 is 0. The third-order valence-electron chi connectivity index (χ3n) is 16.6. The molecule has 73 heavy (non-hydrogen) atoms. The molecule has 0 aliphatic carbocycles. The van der Waals surface area contributed by atoms with Crippen molar-refractivity contribution >= 4 is 25.0 Å². The number of hydrogen-bond acceptors (Lipinski definition) is 6. The topological polar surface area (TPSA) is 55.4 Å². The second-order valence-corrected chi connectivity index (χ2v) is 40.0. The molecule has 0 aromatic heterocycles. The first-order valence-electron chi connectivity index (χ1n) is 27.3. The van der Waals surface area contributed by atoms with Gasteiger partial charge >= 0.3 is 0 Å². The van der Waals surface area contributed by atoms with Gasteiger partial charge in [0, 0.05) is 18.9 Å². The maximum absolute atomic E-state index is 7.51. The van der Waals surface area contributed by atoms with Crippen molar-refractivity contribution in [3.05, 3.63) is 162 Å². The number of methoxy groups -OCH3 is 1. The molecule has 0 saturated carbocycles. The molecule has 0 spiro atoms. The summed E-state index contributed by atoms with van der Waals surface area (Å²) in [5.74, 6) is 1.70. The van der Waals surface area contributed by atoms with Gasteiger partial charge in [0.2, 0.25) is 0 Å². The molecular formula is C64H100O6Si3. The summed E-state index contributed by atoms with van der Waals surface area (Å²) in [6.07, 6.45) is 10.7. The van der Waals surface area contributed by atoms with Crippen molar-refractivity contribution in [2.45, 2.75) is 188 Å². The second kappa shape index (κ2) is 26.6. The van der Waals surface area contributed by atoms with E-state index in [0.29, 0.717) is 19.1 Å². The minimum Gasteiger partial charge on any atom is -0.497 e. The lowest BCUT2D eigenvalue weighted by atomic mass is 9.80. The fourth-order valence-electron chi connectivity index (χ4n) is 8.77. The smallest absolute Gasteiger partial charge is 0.192 e. The van der Waals surface area contributed by atoms with E-state index in [1.807, 2.05) is 12.1 Å². The normalized spacial score (nSPS) is 16.5. The molecule has 4 aromatic rings. The van der Waals surface area contributed by atoms with Crippen LogP contribution < -0.4 is 4.74 Å². The van der Waals surface area contributed by atoms with Gasteiger partial charge in [0.05, 0.1) is 38.6 Å². The van der Waals surface area contributed by atoms with Crippen molar-refractivity contribution in [2.24, 2.45) is 23.7 Å². The third-order valence-corrected chi connectivity index (χ3v) is 30.1. The van der Waals surface area contributed by atoms with Crippen LogP contribution in [0.4, 0.5) is 0 Å². The zero-order chi connectivity index (χ0) is 54.5. The van der Waals surface area contributed by atoms with Crippen LogP contribution in [-0.2, 0) is 35.0 Å². The molecule has 9 heteroatoms. The van der Waals surface area contributed by atoms with Crippen molar-refractivity contribution in [1.29, 1.82) is 0 Å². The van der Waals surface area contributed by atoms with E-state index < -0.39 is 30.6 Å². The van der Waals surface area contributed by atoms with Crippen LogP contribution in [0.5, 0.6) is 5.75 Å². The van der Waals surface area contributed by atoms with Gasteiger partial charge in [-0.1, -0.05) is 217 Å². The van der Waals surface area contributed by atoms with Gasteiger partial charge in [-0.2, -0.15) is 0 Å². The number of benzene rings is 4. The molecule has 4 rings (SSSR count). The van der Waals surface area contributed by atoms with Gasteiger partial charge in [-0.05, 0) is 113 Å². The summed E-state index contributed by atoms with van der Waals surface area (Å²) in [5.41, 5.74) is 3.60. The number of rotatable bonds is 27. The highest BCUT2D eigenvalue weighted by Gasteiger charge is 2.44. The van der Waals surface area contributed by atoms with Crippen LogP contribution in [0.2, 0.25) is 54.4 Å². The third kappa shape index (κ3) is 17.6. The second-order valence-electron chi connectivity index (χ2n) is 25.7. The molecule has 0 aliphatic rings. The zero-order valence-corrected chi connectivity index (χ0v) is 52.3. The Morgan fingerprint density at radius 1 is 0.521 bits per heavy atom. The van der Waals surface area contributed by atoms with Crippen molar-refractivity contribution in [2.75, 3.05) is 20.3 Å². The van der Waals surface area contributed by atoms with Gasteiger partial charge in [0.15, 0.2) is 25.0 Å². The highest BCUT2D eigenvalue weighted by molar-refractivity contribution is 6.75. The highest BCUT2D eigenvalue weighted by atomic mass is 28.4. The number of hydrogen-bond donors (Lipinski definition) is 0. The van der Waals surface area contributed by atoms with E-state index >= 15 is 0 Å². The molecule has 0 fully saturated rings. The molecule has 0 N–H and O–H groups in total. The first-order chi connectivity index (χ1) is 33.9. The molecule has 0 unspecified atom stereocenters. The Morgan fingerprint density at radius 2 is 0.986 bits per heavy atom. The quantitative estimate of drug-likeness (QED) is 0.0337. The fraction of sp³-hybridized carbons (Fsp3) is 0.562. The Labute approximate surface area is 449 Å². The molecule has 0 amide bonds. The van der Waals surface area contributed by atoms with Crippen LogP contribution in [0.3, 0.4) is 0 Å². The fourth-order valence-corrected chi connectivity index (χ4v) is 12.6. The first-order valence-corrected chi connectivity index (χ1v) is 36.1. The molecule has 4 aromatic carbocycles.